The molecule has 0 unspecified atom stereocenters. The minimum absolute atomic E-state index is 0.356. The van der Waals surface area contributed by atoms with Gasteiger partial charge >= 0.3 is 0 Å². The average Bonchev–Trinajstić information content (AvgIpc) is 2.44. The van der Waals surface area contributed by atoms with Crippen molar-refractivity contribution in [3.63, 3.8) is 0 Å². The number of nitrogens with two attached hydrogens (primary N) is 1. The van der Waals surface area contributed by atoms with Gasteiger partial charge in [0.1, 0.15) is 23.3 Å². The standard InChI is InChI=1S/C14H12ClN3OS/c15-11-7-12(16)18-14(17-11)20-8-10-4-1-3-9-5-2-6-19-13(9)10/h1-5,7H,6,8H2,(H2,16,17,18). The van der Waals surface area contributed by atoms with Gasteiger partial charge in [-0.1, -0.05) is 47.6 Å². The molecule has 2 heterocycles. The molecule has 1 aliphatic heterocycles. The zero-order valence-corrected chi connectivity index (χ0v) is 12.1. The molecule has 0 aliphatic carbocycles. The number of anilines is 1. The Morgan fingerprint density at radius 3 is 3.10 bits per heavy atom. The molecule has 2 aromatic rings. The van der Waals surface area contributed by atoms with Crippen LogP contribution in [0.25, 0.3) is 6.08 Å². The summed E-state index contributed by atoms with van der Waals surface area (Å²) >= 11 is 7.35. The van der Waals surface area contributed by atoms with Crippen molar-refractivity contribution in [3.8, 4) is 5.75 Å². The van der Waals surface area contributed by atoms with Crippen molar-refractivity contribution in [2.45, 2.75) is 10.9 Å². The van der Waals surface area contributed by atoms with Gasteiger partial charge in [-0.25, -0.2) is 9.97 Å². The summed E-state index contributed by atoms with van der Waals surface area (Å²) in [5.74, 6) is 2.01. The molecular weight excluding hydrogens is 294 g/mol. The van der Waals surface area contributed by atoms with Crippen LogP contribution in [-0.2, 0) is 5.75 Å². The molecule has 2 N–H and O–H groups in total. The van der Waals surface area contributed by atoms with Crippen LogP contribution < -0.4 is 10.5 Å². The minimum Gasteiger partial charge on any atom is -0.489 e. The van der Waals surface area contributed by atoms with Crippen LogP contribution in [0.4, 0.5) is 5.82 Å². The van der Waals surface area contributed by atoms with Crippen LogP contribution in [0.15, 0.2) is 35.5 Å². The summed E-state index contributed by atoms with van der Waals surface area (Å²) in [6.45, 7) is 0.606. The molecule has 20 heavy (non-hydrogen) atoms. The first-order valence-electron chi connectivity index (χ1n) is 6.06. The Balaban J connectivity index is 1.80. The monoisotopic (exact) mass is 305 g/mol. The van der Waals surface area contributed by atoms with Crippen LogP contribution in [0.2, 0.25) is 5.15 Å². The van der Waals surface area contributed by atoms with Gasteiger partial charge in [0.2, 0.25) is 0 Å². The van der Waals surface area contributed by atoms with Gasteiger partial charge in [0.05, 0.1) is 0 Å². The van der Waals surface area contributed by atoms with E-state index in [9.17, 15) is 0 Å². The predicted molar refractivity (Wildman–Crippen MR) is 82.0 cm³/mol. The van der Waals surface area contributed by atoms with E-state index in [1.807, 2.05) is 24.3 Å². The van der Waals surface area contributed by atoms with Gasteiger partial charge in [-0.3, -0.25) is 0 Å². The fourth-order valence-electron chi connectivity index (χ4n) is 1.95. The lowest BCUT2D eigenvalue weighted by atomic mass is 10.1. The number of thioether (sulfide) groups is 1. The fraction of sp³-hybridized carbons (Fsp3) is 0.143. The number of halogens is 1. The van der Waals surface area contributed by atoms with Crippen LogP contribution >= 0.6 is 23.4 Å². The topological polar surface area (TPSA) is 61.0 Å². The van der Waals surface area contributed by atoms with Crippen molar-refractivity contribution >= 4 is 35.3 Å². The number of nitrogen functional groups attached to an aromatic ring is 1. The molecule has 6 heteroatoms. The number of ether oxygens (including phenoxy) is 1. The lowest BCUT2D eigenvalue weighted by Gasteiger charge is -2.16. The Hall–Kier alpha value is -1.72. The van der Waals surface area contributed by atoms with Crippen molar-refractivity contribution in [1.29, 1.82) is 0 Å². The number of aromatic nitrogens is 2. The third kappa shape index (κ3) is 2.89. The van der Waals surface area contributed by atoms with Crippen LogP contribution in [0.1, 0.15) is 11.1 Å². The average molecular weight is 306 g/mol. The highest BCUT2D eigenvalue weighted by Gasteiger charge is 2.12. The fourth-order valence-corrected chi connectivity index (χ4v) is 3.04. The molecular formula is C14H12ClN3OS. The number of nitrogens with zero attached hydrogens (tertiary/aromatic N) is 2. The van der Waals surface area contributed by atoms with E-state index in [4.69, 9.17) is 22.1 Å². The summed E-state index contributed by atoms with van der Waals surface area (Å²) in [4.78, 5) is 8.30. The minimum atomic E-state index is 0.356. The molecule has 4 nitrogen and oxygen atoms in total. The van der Waals surface area contributed by atoms with E-state index in [1.165, 1.54) is 17.8 Å². The van der Waals surface area contributed by atoms with E-state index in [1.54, 1.807) is 0 Å². The van der Waals surface area contributed by atoms with Crippen molar-refractivity contribution in [1.82, 2.24) is 9.97 Å². The zero-order chi connectivity index (χ0) is 13.9. The molecule has 0 spiro atoms. The van der Waals surface area contributed by atoms with E-state index < -0.39 is 0 Å². The summed E-state index contributed by atoms with van der Waals surface area (Å²) in [5, 5.41) is 0.924. The van der Waals surface area contributed by atoms with E-state index in [2.05, 4.69) is 16.0 Å². The van der Waals surface area contributed by atoms with Crippen molar-refractivity contribution < 1.29 is 4.74 Å². The Kier molecular flexibility index (Phi) is 3.80. The van der Waals surface area contributed by atoms with E-state index in [0.717, 1.165) is 16.9 Å². The number of hydrogen-bond donors (Lipinski definition) is 1. The summed E-state index contributed by atoms with van der Waals surface area (Å²) in [5.41, 5.74) is 7.86. The van der Waals surface area contributed by atoms with Gasteiger partial charge in [0, 0.05) is 22.9 Å². The maximum Gasteiger partial charge on any atom is 0.191 e. The number of fused-ring (bicyclic) bond motifs is 1. The Labute approximate surface area is 126 Å². The van der Waals surface area contributed by atoms with Gasteiger partial charge in [-0.05, 0) is 6.08 Å². The van der Waals surface area contributed by atoms with Crippen LogP contribution in [-0.4, -0.2) is 16.6 Å². The first-order valence-corrected chi connectivity index (χ1v) is 7.43. The molecule has 0 atom stereocenters. The molecule has 102 valence electrons. The maximum absolute atomic E-state index is 5.87. The highest BCUT2D eigenvalue weighted by atomic mass is 35.5. The smallest absolute Gasteiger partial charge is 0.191 e. The Bertz CT molecular complexity index is 655. The van der Waals surface area contributed by atoms with Crippen molar-refractivity contribution in [3.05, 3.63) is 46.6 Å². The van der Waals surface area contributed by atoms with Crippen LogP contribution in [0.5, 0.6) is 5.75 Å². The van der Waals surface area contributed by atoms with Crippen molar-refractivity contribution in [2.75, 3.05) is 12.3 Å². The second-order valence-electron chi connectivity index (χ2n) is 4.24. The highest BCUT2D eigenvalue weighted by molar-refractivity contribution is 7.98. The highest BCUT2D eigenvalue weighted by Crippen LogP contribution is 2.32. The number of para-hydroxylation sites is 1. The molecule has 0 bridgehead atoms. The first kappa shape index (κ1) is 13.3. The van der Waals surface area contributed by atoms with Gasteiger partial charge in [-0.2, -0.15) is 0 Å². The number of benzene rings is 1. The second-order valence-corrected chi connectivity index (χ2v) is 5.57. The van der Waals surface area contributed by atoms with Gasteiger partial charge in [0.15, 0.2) is 5.16 Å². The summed E-state index contributed by atoms with van der Waals surface area (Å²) in [6.07, 6.45) is 4.07. The zero-order valence-electron chi connectivity index (χ0n) is 10.5. The number of hydrogen-bond acceptors (Lipinski definition) is 5. The molecule has 0 saturated heterocycles. The molecule has 3 rings (SSSR count). The number of rotatable bonds is 3. The SMILES string of the molecule is Nc1cc(Cl)nc(SCc2cccc3c2OCC=C3)n1. The van der Waals surface area contributed by atoms with E-state index >= 15 is 0 Å². The van der Waals surface area contributed by atoms with Gasteiger partial charge in [-0.15, -0.1) is 0 Å². The first-order chi connectivity index (χ1) is 9.72. The lowest BCUT2D eigenvalue weighted by molar-refractivity contribution is 0.355. The van der Waals surface area contributed by atoms with Crippen molar-refractivity contribution in [2.24, 2.45) is 0 Å². The van der Waals surface area contributed by atoms with E-state index in [0.29, 0.717) is 28.5 Å². The normalized spacial score (nSPS) is 12.8. The molecule has 1 aliphatic rings. The maximum atomic E-state index is 5.87. The Morgan fingerprint density at radius 1 is 1.35 bits per heavy atom. The molecule has 1 aromatic carbocycles. The molecule has 1 aromatic heterocycles. The summed E-state index contributed by atoms with van der Waals surface area (Å²) in [7, 11) is 0. The summed E-state index contributed by atoms with van der Waals surface area (Å²) < 4.78 is 5.70. The largest absolute Gasteiger partial charge is 0.489 e. The van der Waals surface area contributed by atoms with Gasteiger partial charge < -0.3 is 10.5 Å². The third-order valence-corrected chi connectivity index (χ3v) is 3.89. The predicted octanol–water partition coefficient (Wildman–Crippen LogP) is 3.41. The van der Waals surface area contributed by atoms with Crippen LogP contribution in [0, 0.1) is 0 Å². The molecule has 0 fully saturated rings. The molecule has 0 saturated carbocycles. The van der Waals surface area contributed by atoms with E-state index in [-0.39, 0.29) is 0 Å². The molecule has 0 amide bonds. The quantitative estimate of drug-likeness (QED) is 0.535. The van der Waals surface area contributed by atoms with Gasteiger partial charge in [0.25, 0.3) is 0 Å². The van der Waals surface area contributed by atoms with Crippen LogP contribution in [0.3, 0.4) is 0 Å². The molecule has 0 radical (unpaired) electrons. The second kappa shape index (κ2) is 5.73. The Morgan fingerprint density at radius 2 is 2.25 bits per heavy atom. The summed E-state index contributed by atoms with van der Waals surface area (Å²) in [6, 6.07) is 7.62. The third-order valence-electron chi connectivity index (χ3n) is 2.80. The lowest BCUT2D eigenvalue weighted by Crippen LogP contribution is -2.03.